The fourth-order valence-corrected chi connectivity index (χ4v) is 3.31. The number of carbonyl (C=O) groups is 1. The van der Waals surface area contributed by atoms with Crippen LogP contribution in [-0.2, 0) is 10.2 Å². The summed E-state index contributed by atoms with van der Waals surface area (Å²) in [5.41, 5.74) is 4.46. The van der Waals surface area contributed by atoms with Gasteiger partial charge in [-0.05, 0) is 55.2 Å². The summed E-state index contributed by atoms with van der Waals surface area (Å²) < 4.78 is 7.27. The third-order valence-corrected chi connectivity index (χ3v) is 4.66. The van der Waals surface area contributed by atoms with Crippen molar-refractivity contribution in [2.75, 3.05) is 6.61 Å². The molecular formula is C22H25NO3. The Balaban J connectivity index is 2.23. The van der Waals surface area contributed by atoms with Crippen molar-refractivity contribution in [3.05, 3.63) is 59.3 Å². The highest BCUT2D eigenvalue weighted by Crippen LogP contribution is 2.33. The SMILES string of the molecule is CCOC(=O)c1c(C)n(-c2ccc(C(C)(C)C)cc2)c2ccc(O)cc12. The van der Waals surface area contributed by atoms with Crippen molar-refractivity contribution in [2.45, 2.75) is 40.0 Å². The average Bonchev–Trinajstić information content (AvgIpc) is 2.85. The maximum Gasteiger partial charge on any atom is 0.340 e. The Kier molecular flexibility index (Phi) is 4.53. The molecule has 0 fully saturated rings. The molecule has 136 valence electrons. The lowest BCUT2D eigenvalue weighted by Gasteiger charge is -2.19. The second-order valence-corrected chi connectivity index (χ2v) is 7.51. The van der Waals surface area contributed by atoms with Crippen LogP contribution in [0.15, 0.2) is 42.5 Å². The summed E-state index contributed by atoms with van der Waals surface area (Å²) in [6.07, 6.45) is 0. The number of aromatic nitrogens is 1. The average molecular weight is 351 g/mol. The highest BCUT2D eigenvalue weighted by Gasteiger charge is 2.22. The van der Waals surface area contributed by atoms with Gasteiger partial charge >= 0.3 is 5.97 Å². The van der Waals surface area contributed by atoms with Gasteiger partial charge in [-0.2, -0.15) is 0 Å². The first-order valence-corrected chi connectivity index (χ1v) is 8.86. The van der Waals surface area contributed by atoms with E-state index in [4.69, 9.17) is 4.74 Å². The highest BCUT2D eigenvalue weighted by atomic mass is 16.5. The fraction of sp³-hybridized carbons (Fsp3) is 0.318. The molecule has 0 amide bonds. The zero-order chi connectivity index (χ0) is 19.1. The molecule has 0 bridgehead atoms. The van der Waals surface area contributed by atoms with E-state index < -0.39 is 0 Å². The van der Waals surface area contributed by atoms with Crippen LogP contribution in [0.4, 0.5) is 0 Å². The highest BCUT2D eigenvalue weighted by molar-refractivity contribution is 6.07. The number of rotatable bonds is 3. The minimum absolute atomic E-state index is 0.0776. The molecule has 0 saturated heterocycles. The van der Waals surface area contributed by atoms with Gasteiger partial charge in [0.05, 0.1) is 17.7 Å². The predicted molar refractivity (Wildman–Crippen MR) is 104 cm³/mol. The standard InChI is InChI=1S/C22H25NO3/c1-6-26-21(25)20-14(2)23(19-12-11-17(24)13-18(19)20)16-9-7-15(8-10-16)22(3,4)5/h7-13,24H,6H2,1-5H3. The Morgan fingerprint density at radius 1 is 1.12 bits per heavy atom. The quantitative estimate of drug-likeness (QED) is 0.666. The number of phenols is 1. The third kappa shape index (κ3) is 3.07. The van der Waals surface area contributed by atoms with E-state index in [1.54, 1.807) is 19.1 Å². The van der Waals surface area contributed by atoms with Crippen LogP contribution in [0.25, 0.3) is 16.6 Å². The van der Waals surface area contributed by atoms with Crippen molar-refractivity contribution < 1.29 is 14.6 Å². The smallest absolute Gasteiger partial charge is 0.340 e. The molecule has 1 aromatic heterocycles. The molecule has 0 atom stereocenters. The van der Waals surface area contributed by atoms with E-state index in [1.807, 2.05) is 17.6 Å². The maximum absolute atomic E-state index is 12.5. The summed E-state index contributed by atoms with van der Waals surface area (Å²) in [6.45, 7) is 10.5. The van der Waals surface area contributed by atoms with Crippen molar-refractivity contribution >= 4 is 16.9 Å². The second kappa shape index (κ2) is 6.52. The molecule has 3 aromatic rings. The Bertz CT molecular complexity index is 960. The van der Waals surface area contributed by atoms with Gasteiger partial charge in [-0.3, -0.25) is 0 Å². The molecule has 0 aliphatic carbocycles. The molecule has 0 saturated carbocycles. The van der Waals surface area contributed by atoms with Crippen molar-refractivity contribution in [1.29, 1.82) is 0 Å². The number of benzene rings is 2. The van der Waals surface area contributed by atoms with Crippen LogP contribution in [0.2, 0.25) is 0 Å². The predicted octanol–water partition coefficient (Wildman–Crippen LogP) is 5.12. The molecule has 0 aliphatic rings. The molecule has 3 rings (SSSR count). The molecule has 4 nitrogen and oxygen atoms in total. The molecule has 0 spiro atoms. The Hall–Kier alpha value is -2.75. The van der Waals surface area contributed by atoms with Crippen molar-refractivity contribution in [2.24, 2.45) is 0 Å². The summed E-state index contributed by atoms with van der Waals surface area (Å²) in [5.74, 6) is -0.242. The van der Waals surface area contributed by atoms with E-state index in [9.17, 15) is 9.90 Å². The lowest BCUT2D eigenvalue weighted by Crippen LogP contribution is -2.11. The van der Waals surface area contributed by atoms with Crippen molar-refractivity contribution in [3.8, 4) is 11.4 Å². The Morgan fingerprint density at radius 3 is 2.35 bits per heavy atom. The zero-order valence-electron chi connectivity index (χ0n) is 16.0. The summed E-state index contributed by atoms with van der Waals surface area (Å²) in [4.78, 5) is 12.5. The number of ether oxygens (including phenoxy) is 1. The van der Waals surface area contributed by atoms with Gasteiger partial charge in [-0.25, -0.2) is 4.79 Å². The number of fused-ring (bicyclic) bond motifs is 1. The number of aromatic hydroxyl groups is 1. The molecule has 0 unspecified atom stereocenters. The molecule has 0 aliphatic heterocycles. The van der Waals surface area contributed by atoms with E-state index >= 15 is 0 Å². The minimum atomic E-state index is -0.370. The normalized spacial score (nSPS) is 11.7. The van der Waals surface area contributed by atoms with Gasteiger partial charge in [-0.15, -0.1) is 0 Å². The van der Waals surface area contributed by atoms with Gasteiger partial charge in [0.25, 0.3) is 0 Å². The first kappa shape index (κ1) is 18.1. The van der Waals surface area contributed by atoms with Crippen LogP contribution < -0.4 is 0 Å². The van der Waals surface area contributed by atoms with Gasteiger partial charge in [0, 0.05) is 16.8 Å². The second-order valence-electron chi connectivity index (χ2n) is 7.51. The van der Waals surface area contributed by atoms with Crippen molar-refractivity contribution in [1.82, 2.24) is 4.57 Å². The third-order valence-electron chi connectivity index (χ3n) is 4.66. The van der Waals surface area contributed by atoms with Crippen LogP contribution in [0, 0.1) is 6.92 Å². The molecule has 4 heteroatoms. The first-order chi connectivity index (χ1) is 12.2. The van der Waals surface area contributed by atoms with E-state index in [0.717, 1.165) is 16.9 Å². The lowest BCUT2D eigenvalue weighted by molar-refractivity contribution is 0.0527. The van der Waals surface area contributed by atoms with Gasteiger partial charge in [0.1, 0.15) is 5.75 Å². The number of phenolic OH excluding ortho intramolecular Hbond substituents is 1. The minimum Gasteiger partial charge on any atom is -0.508 e. The van der Waals surface area contributed by atoms with E-state index in [1.165, 1.54) is 5.56 Å². The van der Waals surface area contributed by atoms with Crippen LogP contribution >= 0.6 is 0 Å². The fourth-order valence-electron chi connectivity index (χ4n) is 3.31. The van der Waals surface area contributed by atoms with Crippen molar-refractivity contribution in [3.63, 3.8) is 0 Å². The van der Waals surface area contributed by atoms with E-state index in [0.29, 0.717) is 17.6 Å². The van der Waals surface area contributed by atoms with Gasteiger partial charge in [0.2, 0.25) is 0 Å². The monoisotopic (exact) mass is 351 g/mol. The molecule has 1 heterocycles. The van der Waals surface area contributed by atoms with Gasteiger partial charge < -0.3 is 14.4 Å². The van der Waals surface area contributed by atoms with Crippen LogP contribution in [0.5, 0.6) is 5.75 Å². The summed E-state index contributed by atoms with van der Waals surface area (Å²) in [5, 5.41) is 10.6. The van der Waals surface area contributed by atoms with Crippen LogP contribution in [0.1, 0.15) is 49.3 Å². The number of carbonyl (C=O) groups excluding carboxylic acids is 1. The Labute approximate surface area is 154 Å². The molecule has 26 heavy (non-hydrogen) atoms. The molecule has 2 aromatic carbocycles. The topological polar surface area (TPSA) is 51.5 Å². The molecular weight excluding hydrogens is 326 g/mol. The number of hydrogen-bond donors (Lipinski definition) is 1. The van der Waals surface area contributed by atoms with Gasteiger partial charge in [0.15, 0.2) is 0 Å². The van der Waals surface area contributed by atoms with Crippen LogP contribution in [0.3, 0.4) is 0 Å². The number of hydrogen-bond acceptors (Lipinski definition) is 3. The number of nitrogens with zero attached hydrogens (tertiary/aromatic N) is 1. The Morgan fingerprint density at radius 2 is 1.77 bits per heavy atom. The summed E-state index contributed by atoms with van der Waals surface area (Å²) >= 11 is 0. The lowest BCUT2D eigenvalue weighted by atomic mass is 9.87. The van der Waals surface area contributed by atoms with E-state index in [2.05, 4.69) is 45.0 Å². The largest absolute Gasteiger partial charge is 0.508 e. The maximum atomic E-state index is 12.5. The molecule has 0 radical (unpaired) electrons. The summed E-state index contributed by atoms with van der Waals surface area (Å²) in [7, 11) is 0. The van der Waals surface area contributed by atoms with Crippen LogP contribution in [-0.4, -0.2) is 22.2 Å². The first-order valence-electron chi connectivity index (χ1n) is 8.86. The van der Waals surface area contributed by atoms with Gasteiger partial charge in [-0.1, -0.05) is 32.9 Å². The number of esters is 1. The summed E-state index contributed by atoms with van der Waals surface area (Å²) in [6, 6.07) is 13.4. The van der Waals surface area contributed by atoms with E-state index in [-0.39, 0.29) is 17.1 Å². The zero-order valence-corrected chi connectivity index (χ0v) is 16.0. The molecule has 1 N–H and O–H groups in total.